The second-order valence-electron chi connectivity index (χ2n) is 18.4. The van der Waals surface area contributed by atoms with Crippen molar-refractivity contribution in [1.82, 2.24) is 4.90 Å². The highest BCUT2D eigenvalue weighted by atomic mass is 16.5. The monoisotopic (exact) mass is 712 g/mol. The summed E-state index contributed by atoms with van der Waals surface area (Å²) < 4.78 is 17.4. The Kier molecular flexibility index (Phi) is 16.6. The number of carbonyl (C=O) groups excluding carboxylic acids is 2. The molecule has 51 heavy (non-hydrogen) atoms. The van der Waals surface area contributed by atoms with Crippen LogP contribution in [-0.4, -0.2) is 62.9 Å². The molecule has 6 nitrogen and oxygen atoms in total. The maximum absolute atomic E-state index is 12.5. The lowest BCUT2D eigenvalue weighted by Gasteiger charge is -2.58. The van der Waals surface area contributed by atoms with Crippen molar-refractivity contribution in [2.45, 2.75) is 169 Å². The van der Waals surface area contributed by atoms with Crippen LogP contribution in [0.5, 0.6) is 0 Å². The smallest absolute Gasteiger partial charge is 0.306 e. The van der Waals surface area contributed by atoms with Crippen LogP contribution in [0.3, 0.4) is 0 Å². The van der Waals surface area contributed by atoms with Crippen molar-refractivity contribution < 1.29 is 23.8 Å². The first-order valence-corrected chi connectivity index (χ1v) is 21.3. The first-order chi connectivity index (χ1) is 24.3. The van der Waals surface area contributed by atoms with Gasteiger partial charge in [0.15, 0.2) is 0 Å². The van der Waals surface area contributed by atoms with Gasteiger partial charge in [0.05, 0.1) is 6.10 Å². The average Bonchev–Trinajstić information content (AvgIpc) is 3.42. The van der Waals surface area contributed by atoms with Crippen LogP contribution in [0.4, 0.5) is 0 Å². The maximum atomic E-state index is 12.5. The molecule has 0 N–H and O–H groups in total. The van der Waals surface area contributed by atoms with Crippen molar-refractivity contribution >= 4 is 11.9 Å². The quantitative estimate of drug-likeness (QED) is 0.0671. The van der Waals surface area contributed by atoms with Gasteiger partial charge in [-0.3, -0.25) is 9.59 Å². The highest BCUT2D eigenvalue weighted by Crippen LogP contribution is 2.67. The van der Waals surface area contributed by atoms with Gasteiger partial charge in [0, 0.05) is 26.4 Å². The van der Waals surface area contributed by atoms with Crippen molar-refractivity contribution in [3.8, 4) is 0 Å². The minimum absolute atomic E-state index is 0.122. The van der Waals surface area contributed by atoms with E-state index in [-0.39, 0.29) is 24.6 Å². The predicted molar refractivity (Wildman–Crippen MR) is 209 cm³/mol. The number of fused-ring (bicyclic) bond motifs is 5. The second-order valence-corrected chi connectivity index (χ2v) is 18.4. The number of unbranched alkanes of at least 4 members (excludes halogenated alkanes) is 2. The molecular weight excluding hydrogens is 634 g/mol. The van der Waals surface area contributed by atoms with Crippen LogP contribution in [0.25, 0.3) is 0 Å². The molecule has 292 valence electrons. The van der Waals surface area contributed by atoms with Gasteiger partial charge in [0.25, 0.3) is 0 Å². The van der Waals surface area contributed by atoms with Crippen molar-refractivity contribution in [2.24, 2.45) is 46.3 Å². The third-order valence-corrected chi connectivity index (χ3v) is 14.0. The summed E-state index contributed by atoms with van der Waals surface area (Å²) in [5, 5.41) is 0. The molecule has 4 unspecified atom stereocenters. The van der Waals surface area contributed by atoms with Gasteiger partial charge >= 0.3 is 11.9 Å². The van der Waals surface area contributed by atoms with Crippen LogP contribution >= 0.6 is 0 Å². The van der Waals surface area contributed by atoms with Crippen LogP contribution in [0.2, 0.25) is 0 Å². The summed E-state index contributed by atoms with van der Waals surface area (Å²) >= 11 is 0. The third kappa shape index (κ3) is 11.9. The zero-order valence-electron chi connectivity index (χ0n) is 34.2. The zero-order chi connectivity index (χ0) is 37.0. The van der Waals surface area contributed by atoms with Crippen LogP contribution in [0, 0.1) is 46.3 Å². The molecule has 4 rings (SSSR count). The molecule has 0 aliphatic heterocycles. The highest BCUT2D eigenvalue weighted by Gasteiger charge is 2.59. The number of hydrogen-bond acceptors (Lipinski definition) is 6. The predicted octanol–water partition coefficient (Wildman–Crippen LogP) is 10.7. The molecule has 0 aromatic heterocycles. The van der Waals surface area contributed by atoms with Crippen molar-refractivity contribution in [3.05, 3.63) is 23.8 Å². The Hall–Kier alpha value is -1.66. The summed E-state index contributed by atoms with van der Waals surface area (Å²) in [4.78, 5) is 25.7. The van der Waals surface area contributed by atoms with Crippen LogP contribution in [0.1, 0.15) is 157 Å². The maximum Gasteiger partial charge on any atom is 0.306 e. The second kappa shape index (κ2) is 20.1. The van der Waals surface area contributed by atoms with Gasteiger partial charge in [-0.25, -0.2) is 0 Å². The Morgan fingerprint density at radius 1 is 0.922 bits per heavy atom. The molecule has 3 saturated carbocycles. The number of carbonyl (C=O) groups is 2. The van der Waals surface area contributed by atoms with Crippen molar-refractivity contribution in [2.75, 3.05) is 33.9 Å². The van der Waals surface area contributed by atoms with Gasteiger partial charge < -0.3 is 19.1 Å². The number of rotatable bonds is 21. The molecule has 0 aromatic carbocycles. The van der Waals surface area contributed by atoms with Crippen molar-refractivity contribution in [1.29, 1.82) is 0 Å². The molecule has 0 amide bonds. The van der Waals surface area contributed by atoms with Crippen LogP contribution in [-0.2, 0) is 23.8 Å². The molecule has 4 aliphatic carbocycles. The highest BCUT2D eigenvalue weighted by molar-refractivity contribution is 5.69. The van der Waals surface area contributed by atoms with Gasteiger partial charge in [-0.1, -0.05) is 84.1 Å². The van der Waals surface area contributed by atoms with E-state index < -0.39 is 0 Å². The summed E-state index contributed by atoms with van der Waals surface area (Å²) in [6.07, 6.45) is 27.5. The fraction of sp³-hybridized carbons (Fsp3) is 0.867. The van der Waals surface area contributed by atoms with E-state index >= 15 is 0 Å². The summed E-state index contributed by atoms with van der Waals surface area (Å²) in [6.45, 7) is 16.0. The Morgan fingerprint density at radius 3 is 2.47 bits per heavy atom. The van der Waals surface area contributed by atoms with E-state index in [0.717, 1.165) is 87.2 Å². The van der Waals surface area contributed by atoms with Crippen LogP contribution < -0.4 is 0 Å². The van der Waals surface area contributed by atoms with Gasteiger partial charge in [-0.2, -0.15) is 0 Å². The Morgan fingerprint density at radius 2 is 1.73 bits per heavy atom. The summed E-state index contributed by atoms with van der Waals surface area (Å²) in [6, 6.07) is 0. The largest absolute Gasteiger partial charge is 0.462 e. The Labute approximate surface area is 313 Å². The molecule has 3 fully saturated rings. The lowest BCUT2D eigenvalue weighted by Crippen LogP contribution is -2.51. The first-order valence-electron chi connectivity index (χ1n) is 21.3. The normalized spacial score (nSPS) is 31.6. The molecule has 0 bridgehead atoms. The summed E-state index contributed by atoms with van der Waals surface area (Å²) in [5.41, 5.74) is 2.64. The molecule has 0 aromatic rings. The zero-order valence-corrected chi connectivity index (χ0v) is 34.2. The summed E-state index contributed by atoms with van der Waals surface area (Å²) in [7, 11) is 4.04. The molecule has 0 saturated heterocycles. The molecule has 0 spiro atoms. The minimum Gasteiger partial charge on any atom is -0.462 e. The lowest BCUT2D eigenvalue weighted by atomic mass is 9.47. The van der Waals surface area contributed by atoms with Gasteiger partial charge in [0.1, 0.15) is 12.7 Å². The molecule has 9 atom stereocenters. The topological polar surface area (TPSA) is 65.1 Å². The van der Waals surface area contributed by atoms with Gasteiger partial charge in [-0.05, 0) is 144 Å². The number of nitrogens with zero attached hydrogens (tertiary/aromatic N) is 1. The van der Waals surface area contributed by atoms with Crippen LogP contribution in [0.15, 0.2) is 23.8 Å². The van der Waals surface area contributed by atoms with E-state index in [1.807, 2.05) is 26.2 Å². The minimum atomic E-state index is -0.288. The van der Waals surface area contributed by atoms with E-state index in [0.29, 0.717) is 29.8 Å². The van der Waals surface area contributed by atoms with E-state index in [1.165, 1.54) is 71.1 Å². The number of esters is 2. The molecule has 4 aliphatic rings. The third-order valence-electron chi connectivity index (χ3n) is 14.0. The standard InChI is InChI=1S/C45H77NO5/c1-33(2)16-14-17-34(3)40-23-24-41-39-22-21-36-32-38(25-27-44(36,5)42(39)26-28-45(40,41)6)50-31-12-9-10-18-37(19-11-13-30-49-35(4)47)51-43(48)20-15-29-46(7)8/h11,13,21,33-34,37-42H,9-10,12,14-20,22-32H2,1-8H3/b13-11-/t34-,37?,38+,39?,40-,41?,42?,44+,45-/m1/s1. The molecule has 0 radical (unpaired) electrons. The lowest BCUT2D eigenvalue weighted by molar-refractivity contribution is -0.149. The fourth-order valence-electron chi connectivity index (χ4n) is 11.2. The Bertz CT molecular complexity index is 1150. The first kappa shape index (κ1) is 42.1. The molecule has 6 heteroatoms. The van der Waals surface area contributed by atoms with Gasteiger partial charge in [-0.15, -0.1) is 0 Å². The number of hydrogen-bond donors (Lipinski definition) is 0. The van der Waals surface area contributed by atoms with E-state index in [4.69, 9.17) is 14.2 Å². The average molecular weight is 712 g/mol. The molecular formula is C45H77NO5. The SMILES string of the molecule is CC(=O)OC/C=C\CC(CCCCCO[C@H]1CC[C@@]2(C)C(=CCC3C2CC[C@@]2(C)C3CC[C@@H]2[C@H](C)CCCC(C)C)C1)OC(=O)CCCN(C)C. The summed E-state index contributed by atoms with van der Waals surface area (Å²) in [5.74, 6) is 4.87. The van der Waals surface area contributed by atoms with E-state index in [9.17, 15) is 9.59 Å². The number of ether oxygens (including phenoxy) is 3. The van der Waals surface area contributed by atoms with E-state index in [1.54, 1.807) is 5.57 Å². The van der Waals surface area contributed by atoms with Crippen molar-refractivity contribution in [3.63, 3.8) is 0 Å². The number of allylic oxidation sites excluding steroid dienone is 1. The fourth-order valence-corrected chi connectivity index (χ4v) is 11.2. The van der Waals surface area contributed by atoms with E-state index in [2.05, 4.69) is 45.6 Å². The molecule has 0 heterocycles. The van der Waals surface area contributed by atoms with Gasteiger partial charge in [0.2, 0.25) is 0 Å². The Balaban J connectivity index is 1.20.